The molecule has 1 aliphatic rings. The van der Waals surface area contributed by atoms with Crippen molar-refractivity contribution in [1.82, 2.24) is 15.2 Å². The van der Waals surface area contributed by atoms with Gasteiger partial charge in [-0.2, -0.15) is 5.10 Å². The normalized spacial score (nSPS) is 16.2. The summed E-state index contributed by atoms with van der Waals surface area (Å²) in [5.74, 6) is 0.250. The largest absolute Gasteiger partial charge is 0.383 e. The molecular weight excluding hydrogens is 446 g/mol. The molecule has 0 fully saturated rings. The standard InChI is InChI=1S/C18H19N5O2S4/c1-25-7-6-19-17-20-21-18(29-17)28-11-16(24)23-13(15-5-3-9-27-15)10-12(22-23)14-4-2-8-26-14/h2-5,8-9,13H,6-7,10-11H2,1H3,(H,19,20). The van der Waals surface area contributed by atoms with Gasteiger partial charge in [-0.1, -0.05) is 35.2 Å². The minimum Gasteiger partial charge on any atom is -0.383 e. The zero-order chi connectivity index (χ0) is 20.1. The number of carbonyl (C=O) groups is 1. The number of amides is 1. The van der Waals surface area contributed by atoms with Crippen LogP contribution in [-0.4, -0.2) is 52.8 Å². The van der Waals surface area contributed by atoms with Crippen molar-refractivity contribution in [3.05, 3.63) is 44.8 Å². The first-order chi connectivity index (χ1) is 14.2. The number of methoxy groups -OCH3 is 1. The van der Waals surface area contributed by atoms with Crippen LogP contribution in [0.5, 0.6) is 0 Å². The highest BCUT2D eigenvalue weighted by Crippen LogP contribution is 2.36. The predicted octanol–water partition coefficient (Wildman–Crippen LogP) is 4.19. The van der Waals surface area contributed by atoms with Crippen LogP contribution in [-0.2, 0) is 9.53 Å². The second-order valence-corrected chi connectivity index (χ2v) is 10.2. The van der Waals surface area contributed by atoms with Crippen LogP contribution in [0, 0.1) is 0 Å². The first-order valence-electron chi connectivity index (χ1n) is 8.90. The lowest BCUT2D eigenvalue weighted by atomic mass is 10.1. The molecule has 0 radical (unpaired) electrons. The van der Waals surface area contributed by atoms with Gasteiger partial charge in [0.1, 0.15) is 0 Å². The van der Waals surface area contributed by atoms with E-state index in [1.54, 1.807) is 34.8 Å². The number of nitrogens with one attached hydrogen (secondary N) is 1. The third-order valence-electron chi connectivity index (χ3n) is 4.15. The van der Waals surface area contributed by atoms with Crippen LogP contribution < -0.4 is 5.32 Å². The SMILES string of the molecule is COCCNc1nnc(SCC(=O)N2N=C(c3cccs3)CC2c2cccs2)s1. The molecule has 152 valence electrons. The molecule has 0 saturated carbocycles. The number of aromatic nitrogens is 2. The van der Waals surface area contributed by atoms with E-state index in [1.807, 2.05) is 22.9 Å². The van der Waals surface area contributed by atoms with Crippen molar-refractivity contribution in [1.29, 1.82) is 0 Å². The highest BCUT2D eigenvalue weighted by atomic mass is 32.2. The number of carbonyl (C=O) groups excluding carboxylic acids is 1. The molecule has 4 rings (SSSR count). The number of thioether (sulfide) groups is 1. The smallest absolute Gasteiger partial charge is 0.253 e. The van der Waals surface area contributed by atoms with E-state index in [0.29, 0.717) is 13.2 Å². The summed E-state index contributed by atoms with van der Waals surface area (Å²) in [7, 11) is 1.66. The van der Waals surface area contributed by atoms with Gasteiger partial charge in [-0.3, -0.25) is 4.79 Å². The molecule has 1 N–H and O–H groups in total. The Morgan fingerprint density at radius 1 is 1.31 bits per heavy atom. The lowest BCUT2D eigenvalue weighted by molar-refractivity contribution is -0.130. The molecule has 7 nitrogen and oxygen atoms in total. The Balaban J connectivity index is 1.41. The molecule has 1 atom stereocenters. The van der Waals surface area contributed by atoms with Gasteiger partial charge in [0.15, 0.2) is 4.34 Å². The summed E-state index contributed by atoms with van der Waals surface area (Å²) in [6, 6.07) is 8.10. The van der Waals surface area contributed by atoms with Gasteiger partial charge in [0, 0.05) is 25.0 Å². The van der Waals surface area contributed by atoms with E-state index in [-0.39, 0.29) is 17.7 Å². The van der Waals surface area contributed by atoms with Crippen molar-refractivity contribution < 1.29 is 9.53 Å². The summed E-state index contributed by atoms with van der Waals surface area (Å²) >= 11 is 6.14. The first-order valence-corrected chi connectivity index (χ1v) is 12.5. The van der Waals surface area contributed by atoms with Gasteiger partial charge in [0.25, 0.3) is 5.91 Å². The molecule has 1 aliphatic heterocycles. The van der Waals surface area contributed by atoms with Gasteiger partial charge < -0.3 is 10.1 Å². The van der Waals surface area contributed by atoms with Crippen molar-refractivity contribution >= 4 is 62.5 Å². The zero-order valence-electron chi connectivity index (χ0n) is 15.6. The third-order valence-corrected chi connectivity index (χ3v) is 8.04. The van der Waals surface area contributed by atoms with Gasteiger partial charge in [-0.25, -0.2) is 5.01 Å². The van der Waals surface area contributed by atoms with E-state index in [4.69, 9.17) is 4.74 Å². The maximum absolute atomic E-state index is 13.0. The molecule has 1 amide bonds. The number of thiophene rings is 2. The van der Waals surface area contributed by atoms with Crippen molar-refractivity contribution in [2.24, 2.45) is 5.10 Å². The van der Waals surface area contributed by atoms with Crippen LogP contribution in [0.3, 0.4) is 0 Å². The second-order valence-electron chi connectivity index (χ2n) is 6.08. The number of hydrazone groups is 1. The van der Waals surface area contributed by atoms with Gasteiger partial charge in [-0.05, 0) is 22.9 Å². The molecule has 0 bridgehead atoms. The maximum atomic E-state index is 13.0. The number of ether oxygens (including phenoxy) is 1. The summed E-state index contributed by atoms with van der Waals surface area (Å²) in [4.78, 5) is 15.3. The number of hydrogen-bond acceptors (Lipinski definition) is 10. The zero-order valence-corrected chi connectivity index (χ0v) is 18.9. The Labute approximate surface area is 184 Å². The minimum absolute atomic E-state index is 0.0240. The van der Waals surface area contributed by atoms with Crippen molar-refractivity contribution in [3.8, 4) is 0 Å². The Morgan fingerprint density at radius 3 is 2.93 bits per heavy atom. The highest BCUT2D eigenvalue weighted by molar-refractivity contribution is 8.01. The minimum atomic E-state index is -0.0408. The highest BCUT2D eigenvalue weighted by Gasteiger charge is 2.34. The molecule has 0 spiro atoms. The van der Waals surface area contributed by atoms with Crippen LogP contribution >= 0.6 is 45.8 Å². The van der Waals surface area contributed by atoms with Gasteiger partial charge in [0.2, 0.25) is 5.13 Å². The molecule has 3 aromatic heterocycles. The number of rotatable bonds is 9. The predicted molar refractivity (Wildman–Crippen MR) is 120 cm³/mol. The van der Waals surface area contributed by atoms with Crippen molar-refractivity contribution in [2.75, 3.05) is 31.3 Å². The molecule has 4 heterocycles. The molecular formula is C18H19N5O2S4. The fourth-order valence-corrected chi connectivity index (χ4v) is 5.99. The number of hydrogen-bond donors (Lipinski definition) is 1. The molecule has 3 aromatic rings. The third kappa shape index (κ3) is 5.04. The first kappa shape index (κ1) is 20.5. The van der Waals surface area contributed by atoms with Crippen LogP contribution in [0.4, 0.5) is 5.13 Å². The second kappa shape index (κ2) is 9.81. The van der Waals surface area contributed by atoms with Crippen LogP contribution in [0.25, 0.3) is 0 Å². The van der Waals surface area contributed by atoms with E-state index < -0.39 is 0 Å². The molecule has 0 aromatic carbocycles. The molecule has 0 saturated heterocycles. The topological polar surface area (TPSA) is 79.7 Å². The van der Waals surface area contributed by atoms with E-state index in [2.05, 4.69) is 32.7 Å². The average molecular weight is 466 g/mol. The summed E-state index contributed by atoms with van der Waals surface area (Å²) in [5.41, 5.74) is 0.970. The molecule has 29 heavy (non-hydrogen) atoms. The molecule has 11 heteroatoms. The van der Waals surface area contributed by atoms with Gasteiger partial charge in [0.05, 0.1) is 29.0 Å². The Morgan fingerprint density at radius 2 is 2.17 bits per heavy atom. The van der Waals surface area contributed by atoms with Gasteiger partial charge >= 0.3 is 0 Å². The van der Waals surface area contributed by atoms with E-state index in [1.165, 1.54) is 23.1 Å². The number of nitrogens with zero attached hydrogens (tertiary/aromatic N) is 4. The summed E-state index contributed by atoms with van der Waals surface area (Å²) in [6.07, 6.45) is 0.740. The molecule has 0 aliphatic carbocycles. The Kier molecular flexibility index (Phi) is 6.93. The Hall–Kier alpha value is -1.79. The van der Waals surface area contributed by atoms with E-state index in [9.17, 15) is 4.79 Å². The lowest BCUT2D eigenvalue weighted by Crippen LogP contribution is -2.28. The lowest BCUT2D eigenvalue weighted by Gasteiger charge is -2.20. The number of anilines is 1. The fourth-order valence-electron chi connectivity index (χ4n) is 2.82. The Bertz CT molecular complexity index is 955. The van der Waals surface area contributed by atoms with Crippen LogP contribution in [0.1, 0.15) is 22.2 Å². The maximum Gasteiger partial charge on any atom is 0.253 e. The molecule has 1 unspecified atom stereocenters. The van der Waals surface area contributed by atoms with E-state index in [0.717, 1.165) is 31.4 Å². The van der Waals surface area contributed by atoms with Crippen molar-refractivity contribution in [2.45, 2.75) is 16.8 Å². The van der Waals surface area contributed by atoms with Crippen LogP contribution in [0.15, 0.2) is 44.5 Å². The summed E-state index contributed by atoms with van der Waals surface area (Å²) in [5, 5.41) is 22.5. The van der Waals surface area contributed by atoms with Crippen molar-refractivity contribution in [3.63, 3.8) is 0 Å². The fraction of sp³-hybridized carbons (Fsp3) is 0.333. The average Bonchev–Trinajstić information content (AvgIpc) is 3.52. The van der Waals surface area contributed by atoms with Gasteiger partial charge in [-0.15, -0.1) is 32.9 Å². The summed E-state index contributed by atoms with van der Waals surface area (Å²) in [6.45, 7) is 1.27. The monoisotopic (exact) mass is 465 g/mol. The van der Waals surface area contributed by atoms with Crippen LogP contribution in [0.2, 0.25) is 0 Å². The quantitative estimate of drug-likeness (QED) is 0.377. The summed E-state index contributed by atoms with van der Waals surface area (Å²) < 4.78 is 5.77. The van der Waals surface area contributed by atoms with E-state index >= 15 is 0 Å².